The number of carbonyl (C=O) groups is 1. The number of aryl methyl sites for hydroxylation is 1. The number of aromatic nitrogens is 2. The van der Waals surface area contributed by atoms with Crippen molar-refractivity contribution in [3.8, 4) is 0 Å². The fourth-order valence-corrected chi connectivity index (χ4v) is 4.93. The zero-order valence-corrected chi connectivity index (χ0v) is 18.0. The van der Waals surface area contributed by atoms with Crippen LogP contribution in [-0.2, 0) is 28.9 Å². The van der Waals surface area contributed by atoms with Gasteiger partial charge in [-0.15, -0.1) is 11.8 Å². The predicted molar refractivity (Wildman–Crippen MR) is 115 cm³/mol. The van der Waals surface area contributed by atoms with E-state index in [2.05, 4.69) is 24.1 Å². The van der Waals surface area contributed by atoms with Crippen LogP contribution in [-0.4, -0.2) is 40.2 Å². The Morgan fingerprint density at radius 3 is 2.82 bits per heavy atom. The number of methoxy groups -OCH3 is 1. The van der Waals surface area contributed by atoms with Crippen molar-refractivity contribution in [1.29, 1.82) is 0 Å². The molecule has 0 saturated carbocycles. The summed E-state index contributed by atoms with van der Waals surface area (Å²) in [6.07, 6.45) is 1.74. The summed E-state index contributed by atoms with van der Waals surface area (Å²) < 4.78 is 6.76. The third-order valence-corrected chi connectivity index (χ3v) is 6.65. The number of benzene rings is 1. The Morgan fingerprint density at radius 2 is 2.14 bits per heavy atom. The second-order valence-corrected chi connectivity index (χ2v) is 9.03. The molecule has 1 aliphatic heterocycles. The number of rotatable bonds is 8. The van der Waals surface area contributed by atoms with Gasteiger partial charge in [0, 0.05) is 24.5 Å². The fourth-order valence-electron chi connectivity index (χ4n) is 2.97. The highest BCUT2D eigenvalue weighted by Gasteiger charge is 2.26. The number of amides is 1. The van der Waals surface area contributed by atoms with Crippen molar-refractivity contribution >= 4 is 35.1 Å². The maximum Gasteiger partial charge on any atom is 0.268 e. The van der Waals surface area contributed by atoms with Gasteiger partial charge in [-0.05, 0) is 24.1 Å². The molecule has 0 fully saturated rings. The molecule has 2 aromatic rings. The Balaban J connectivity index is 1.71. The average Bonchev–Trinajstić information content (AvgIpc) is 3.07. The number of anilines is 1. The Morgan fingerprint density at radius 1 is 1.39 bits per heavy atom. The monoisotopic (exact) mass is 419 g/mol. The Labute approximate surface area is 173 Å². The van der Waals surface area contributed by atoms with E-state index >= 15 is 0 Å². The summed E-state index contributed by atoms with van der Waals surface area (Å²) >= 11 is 2.87. The first kappa shape index (κ1) is 21.0. The van der Waals surface area contributed by atoms with Gasteiger partial charge in [-0.25, -0.2) is 4.98 Å². The Kier molecular flexibility index (Phi) is 7.20. The number of thioether (sulfide) groups is 2. The van der Waals surface area contributed by atoms with Crippen LogP contribution in [0.3, 0.4) is 0 Å². The number of nitrogens with zero attached hydrogens (tertiary/aromatic N) is 2. The van der Waals surface area contributed by atoms with Gasteiger partial charge >= 0.3 is 0 Å². The normalized spacial score (nSPS) is 15.5. The lowest BCUT2D eigenvalue weighted by Gasteiger charge is -2.13. The van der Waals surface area contributed by atoms with Gasteiger partial charge in [-0.3, -0.25) is 14.2 Å². The molecular weight excluding hydrogens is 394 g/mol. The second-order valence-electron chi connectivity index (χ2n) is 6.64. The van der Waals surface area contributed by atoms with E-state index in [1.54, 1.807) is 23.4 Å². The zero-order chi connectivity index (χ0) is 20.1. The van der Waals surface area contributed by atoms with Crippen molar-refractivity contribution in [2.24, 2.45) is 0 Å². The van der Waals surface area contributed by atoms with E-state index in [9.17, 15) is 9.59 Å². The molecule has 0 saturated heterocycles. The number of carbonyl (C=O) groups excluding carboxylic acids is 1. The molecule has 2 heterocycles. The van der Waals surface area contributed by atoms with Gasteiger partial charge in [0.05, 0.1) is 29.5 Å². The van der Waals surface area contributed by atoms with E-state index in [0.29, 0.717) is 23.6 Å². The van der Waals surface area contributed by atoms with Crippen LogP contribution in [0.15, 0.2) is 39.1 Å². The van der Waals surface area contributed by atoms with Crippen LogP contribution < -0.4 is 10.9 Å². The maximum absolute atomic E-state index is 12.9. The SMILES string of the molecule is CCc1ccc(NC(=O)CSc2nc3c(c(=O)n2CCOC)S[C@H](C)C3)cc1. The minimum Gasteiger partial charge on any atom is -0.383 e. The van der Waals surface area contributed by atoms with Gasteiger partial charge in [0.15, 0.2) is 5.16 Å². The minimum absolute atomic E-state index is 0.0329. The summed E-state index contributed by atoms with van der Waals surface area (Å²) in [4.78, 5) is 30.6. The molecule has 3 rings (SSSR count). The minimum atomic E-state index is -0.120. The molecule has 0 bridgehead atoms. The summed E-state index contributed by atoms with van der Waals surface area (Å²) in [7, 11) is 1.60. The first-order valence-corrected chi connectivity index (χ1v) is 11.2. The predicted octanol–water partition coefficient (Wildman–Crippen LogP) is 3.22. The number of ether oxygens (including phenoxy) is 1. The van der Waals surface area contributed by atoms with Crippen LogP contribution in [0, 0.1) is 0 Å². The van der Waals surface area contributed by atoms with Gasteiger partial charge in [-0.2, -0.15) is 0 Å². The molecular formula is C20H25N3O3S2. The van der Waals surface area contributed by atoms with E-state index in [0.717, 1.165) is 29.1 Å². The van der Waals surface area contributed by atoms with Crippen LogP contribution >= 0.6 is 23.5 Å². The lowest BCUT2D eigenvalue weighted by molar-refractivity contribution is -0.113. The molecule has 1 aromatic carbocycles. The number of hydrogen-bond acceptors (Lipinski definition) is 6. The summed E-state index contributed by atoms with van der Waals surface area (Å²) in [5.41, 5.74) is 2.80. The lowest BCUT2D eigenvalue weighted by Crippen LogP contribution is -2.27. The van der Waals surface area contributed by atoms with Gasteiger partial charge in [0.25, 0.3) is 5.56 Å². The molecule has 1 aliphatic rings. The number of hydrogen-bond donors (Lipinski definition) is 1. The van der Waals surface area contributed by atoms with E-state index < -0.39 is 0 Å². The van der Waals surface area contributed by atoms with Crippen molar-refractivity contribution in [1.82, 2.24) is 9.55 Å². The van der Waals surface area contributed by atoms with Gasteiger partial charge in [-0.1, -0.05) is 37.7 Å². The van der Waals surface area contributed by atoms with Crippen molar-refractivity contribution in [3.63, 3.8) is 0 Å². The highest BCUT2D eigenvalue weighted by Crippen LogP contribution is 2.34. The standard InChI is InChI=1S/C20H25N3O3S2/c1-4-14-5-7-15(8-6-14)21-17(24)12-27-20-22-16-11-13(2)28-18(16)19(25)23(20)9-10-26-3/h5-8,13H,4,9-12H2,1-3H3,(H,21,24)/t13-/m1/s1. The van der Waals surface area contributed by atoms with Crippen LogP contribution in [0.1, 0.15) is 25.1 Å². The van der Waals surface area contributed by atoms with Crippen molar-refractivity contribution in [2.75, 3.05) is 24.8 Å². The van der Waals surface area contributed by atoms with E-state index in [-0.39, 0.29) is 17.2 Å². The van der Waals surface area contributed by atoms with Crippen LogP contribution in [0.2, 0.25) is 0 Å². The third kappa shape index (κ3) is 4.98. The van der Waals surface area contributed by atoms with Crippen molar-refractivity contribution < 1.29 is 9.53 Å². The summed E-state index contributed by atoms with van der Waals surface area (Å²) in [6.45, 7) is 5.03. The quantitative estimate of drug-likeness (QED) is 0.523. The summed E-state index contributed by atoms with van der Waals surface area (Å²) in [6, 6.07) is 7.82. The largest absolute Gasteiger partial charge is 0.383 e. The number of nitrogens with one attached hydrogen (secondary N) is 1. The maximum atomic E-state index is 12.9. The molecule has 1 atom stereocenters. The molecule has 0 aliphatic carbocycles. The third-order valence-electron chi connectivity index (χ3n) is 4.46. The first-order valence-electron chi connectivity index (χ1n) is 9.32. The van der Waals surface area contributed by atoms with Gasteiger partial charge in [0.1, 0.15) is 0 Å². The van der Waals surface area contributed by atoms with Gasteiger partial charge < -0.3 is 10.1 Å². The summed E-state index contributed by atoms with van der Waals surface area (Å²) in [5, 5.41) is 3.82. The van der Waals surface area contributed by atoms with Crippen molar-refractivity contribution in [3.05, 3.63) is 45.9 Å². The zero-order valence-electron chi connectivity index (χ0n) is 16.4. The molecule has 1 N–H and O–H groups in total. The highest BCUT2D eigenvalue weighted by molar-refractivity contribution is 8.00. The number of fused-ring (bicyclic) bond motifs is 1. The molecule has 0 unspecified atom stereocenters. The fraction of sp³-hybridized carbons (Fsp3) is 0.450. The smallest absolute Gasteiger partial charge is 0.268 e. The van der Waals surface area contributed by atoms with E-state index in [1.807, 2.05) is 24.3 Å². The van der Waals surface area contributed by atoms with E-state index in [1.165, 1.54) is 17.3 Å². The Bertz CT molecular complexity index is 897. The molecule has 8 heteroatoms. The van der Waals surface area contributed by atoms with Gasteiger partial charge in [0.2, 0.25) is 5.91 Å². The molecule has 150 valence electrons. The Hall–Kier alpha value is -1.77. The molecule has 1 amide bonds. The van der Waals surface area contributed by atoms with Crippen molar-refractivity contribution in [2.45, 2.75) is 48.5 Å². The molecule has 6 nitrogen and oxygen atoms in total. The molecule has 28 heavy (non-hydrogen) atoms. The molecule has 0 spiro atoms. The van der Waals surface area contributed by atoms with Crippen LogP contribution in [0.25, 0.3) is 0 Å². The van der Waals surface area contributed by atoms with E-state index in [4.69, 9.17) is 4.74 Å². The topological polar surface area (TPSA) is 73.2 Å². The summed E-state index contributed by atoms with van der Waals surface area (Å²) in [5.74, 6) is 0.0706. The second kappa shape index (κ2) is 9.62. The van der Waals surface area contributed by atoms with Crippen LogP contribution in [0.5, 0.6) is 0 Å². The average molecular weight is 420 g/mol. The highest BCUT2D eigenvalue weighted by atomic mass is 32.2. The lowest BCUT2D eigenvalue weighted by atomic mass is 10.1. The molecule has 1 aromatic heterocycles. The molecule has 0 radical (unpaired) electrons. The van der Waals surface area contributed by atoms with Crippen LogP contribution in [0.4, 0.5) is 5.69 Å². The first-order chi connectivity index (χ1) is 13.5.